The van der Waals surface area contributed by atoms with Crippen molar-refractivity contribution in [1.29, 1.82) is 0 Å². The highest BCUT2D eigenvalue weighted by molar-refractivity contribution is 7.89. The lowest BCUT2D eigenvalue weighted by molar-refractivity contribution is -0.122. The Morgan fingerprint density at radius 3 is 2.32 bits per heavy atom. The number of piperidine rings is 2. The number of hydrogen-bond acceptors (Lipinski definition) is 6. The van der Waals surface area contributed by atoms with Gasteiger partial charge in [-0.3, -0.25) is 4.79 Å². The summed E-state index contributed by atoms with van der Waals surface area (Å²) in [6, 6.07) is 12.4. The molecule has 0 spiro atoms. The Labute approximate surface area is 227 Å². The van der Waals surface area contributed by atoms with Gasteiger partial charge in [-0.2, -0.15) is 0 Å². The summed E-state index contributed by atoms with van der Waals surface area (Å²) in [6.07, 6.45) is 3.44. The molecule has 1 unspecified atom stereocenters. The predicted molar refractivity (Wildman–Crippen MR) is 152 cm³/mol. The van der Waals surface area contributed by atoms with E-state index in [4.69, 9.17) is 4.98 Å². The molecule has 1 N–H and O–H groups in total. The molecule has 206 valence electrons. The van der Waals surface area contributed by atoms with Crippen molar-refractivity contribution in [2.45, 2.75) is 70.2 Å². The third kappa shape index (κ3) is 5.33. The third-order valence-corrected chi connectivity index (χ3v) is 10.8. The van der Waals surface area contributed by atoms with Gasteiger partial charge in [0.15, 0.2) is 0 Å². The van der Waals surface area contributed by atoms with Gasteiger partial charge in [0.05, 0.1) is 23.4 Å². The number of aromatic nitrogens is 1. The number of likely N-dealkylation sites (tertiary alicyclic amines) is 1. The molecule has 2 saturated heterocycles. The van der Waals surface area contributed by atoms with Crippen LogP contribution in [0.4, 0.5) is 11.5 Å². The molecule has 0 bridgehead atoms. The Hall–Kier alpha value is -2.49. The first-order valence-electron chi connectivity index (χ1n) is 14.0. The van der Waals surface area contributed by atoms with Crippen molar-refractivity contribution >= 4 is 27.4 Å². The number of aryl methyl sites for hydroxylation is 1. The molecule has 1 atom stereocenters. The van der Waals surface area contributed by atoms with Gasteiger partial charge in [0.25, 0.3) is 0 Å². The minimum Gasteiger partial charge on any atom is -0.367 e. The smallest absolute Gasteiger partial charge is 0.236 e. The zero-order chi connectivity index (χ0) is 27.0. The zero-order valence-corrected chi connectivity index (χ0v) is 23.9. The lowest BCUT2D eigenvalue weighted by atomic mass is 9.78. The number of fused-ring (bicyclic) bond motifs is 1. The van der Waals surface area contributed by atoms with Crippen molar-refractivity contribution in [2.75, 3.05) is 43.4 Å². The van der Waals surface area contributed by atoms with E-state index in [9.17, 15) is 13.2 Å². The zero-order valence-electron chi connectivity index (χ0n) is 23.1. The summed E-state index contributed by atoms with van der Waals surface area (Å²) in [4.78, 5) is 23.5. The van der Waals surface area contributed by atoms with Crippen molar-refractivity contribution in [1.82, 2.24) is 14.2 Å². The number of hydrogen-bond donors (Lipinski definition) is 1. The average molecular weight is 540 g/mol. The van der Waals surface area contributed by atoms with E-state index in [2.05, 4.69) is 36.3 Å². The summed E-state index contributed by atoms with van der Waals surface area (Å²) in [5.41, 5.74) is 4.11. The number of para-hydroxylation sites is 1. The van der Waals surface area contributed by atoms with E-state index in [0.29, 0.717) is 19.6 Å². The second-order valence-electron chi connectivity index (χ2n) is 11.5. The molecule has 1 amide bonds. The molecule has 0 radical (unpaired) electrons. The molecule has 1 aromatic heterocycles. The summed E-state index contributed by atoms with van der Waals surface area (Å²) in [5, 5.41) is 3.16. The summed E-state index contributed by atoms with van der Waals surface area (Å²) >= 11 is 0. The van der Waals surface area contributed by atoms with E-state index >= 15 is 0 Å². The maximum atomic E-state index is 14.1. The first-order valence-corrected chi connectivity index (χ1v) is 15.5. The highest BCUT2D eigenvalue weighted by Crippen LogP contribution is 2.41. The summed E-state index contributed by atoms with van der Waals surface area (Å²) in [5.74, 6) is 0.936. The maximum Gasteiger partial charge on any atom is 0.236 e. The summed E-state index contributed by atoms with van der Waals surface area (Å²) in [6.45, 7) is 9.08. The first kappa shape index (κ1) is 27.1. The topological polar surface area (TPSA) is 85.8 Å². The van der Waals surface area contributed by atoms with Crippen LogP contribution in [0.1, 0.15) is 62.3 Å². The maximum absolute atomic E-state index is 14.1. The Bertz CT molecular complexity index is 1260. The summed E-state index contributed by atoms with van der Waals surface area (Å²) in [7, 11) is -1.08. The van der Waals surface area contributed by atoms with Crippen LogP contribution in [0.2, 0.25) is 0 Å². The molecule has 0 aliphatic carbocycles. The monoisotopic (exact) mass is 539 g/mol. The van der Waals surface area contributed by atoms with Crippen LogP contribution in [0.3, 0.4) is 0 Å². The number of nitrogens with one attached hydrogen (secondary N) is 1. The Kier molecular flexibility index (Phi) is 7.80. The van der Waals surface area contributed by atoms with Gasteiger partial charge in [-0.05, 0) is 95.8 Å². The van der Waals surface area contributed by atoms with Crippen LogP contribution in [0.5, 0.6) is 0 Å². The van der Waals surface area contributed by atoms with Gasteiger partial charge < -0.3 is 15.1 Å². The fraction of sp³-hybridized carbons (Fsp3) is 0.586. The third-order valence-electron chi connectivity index (χ3n) is 8.57. The molecule has 3 aliphatic rings. The van der Waals surface area contributed by atoms with Gasteiger partial charge >= 0.3 is 0 Å². The Morgan fingerprint density at radius 2 is 1.66 bits per heavy atom. The number of amides is 1. The van der Waals surface area contributed by atoms with Crippen LogP contribution in [-0.2, 0) is 21.4 Å². The van der Waals surface area contributed by atoms with Gasteiger partial charge in [0.2, 0.25) is 15.9 Å². The van der Waals surface area contributed by atoms with E-state index in [-0.39, 0.29) is 23.8 Å². The van der Waals surface area contributed by atoms with Crippen LogP contribution in [0.15, 0.2) is 36.4 Å². The largest absolute Gasteiger partial charge is 0.367 e. The van der Waals surface area contributed by atoms with Crippen molar-refractivity contribution in [2.24, 2.45) is 5.92 Å². The fourth-order valence-corrected chi connectivity index (χ4v) is 7.46. The molecule has 8 nitrogen and oxygen atoms in total. The SMILES string of the molecule is Cc1ccccc1N1Cc2ccc(NC3CCN(S(=O)(=O)C(C)C)CC3)nc2C(C2CCN(C)CC2)C1=O. The molecule has 0 saturated carbocycles. The molecular weight excluding hydrogens is 498 g/mol. The number of nitrogens with zero attached hydrogens (tertiary/aromatic N) is 4. The van der Waals surface area contributed by atoms with Gasteiger partial charge in [0.1, 0.15) is 5.82 Å². The Morgan fingerprint density at radius 1 is 0.974 bits per heavy atom. The average Bonchev–Trinajstić information content (AvgIpc) is 2.90. The van der Waals surface area contributed by atoms with Gasteiger partial charge in [-0.1, -0.05) is 24.3 Å². The number of rotatable bonds is 6. The van der Waals surface area contributed by atoms with Crippen molar-refractivity contribution in [3.05, 3.63) is 53.2 Å². The van der Waals surface area contributed by atoms with Gasteiger partial charge in [0, 0.05) is 24.8 Å². The molecule has 2 fully saturated rings. The van der Waals surface area contributed by atoms with E-state index in [1.165, 1.54) is 0 Å². The first-order chi connectivity index (χ1) is 18.1. The van der Waals surface area contributed by atoms with E-state index in [0.717, 1.165) is 67.1 Å². The molecule has 4 heterocycles. The highest BCUT2D eigenvalue weighted by atomic mass is 32.2. The lowest BCUT2D eigenvalue weighted by Crippen LogP contribution is -2.46. The number of carbonyl (C=O) groups is 1. The minimum atomic E-state index is -3.23. The molecule has 9 heteroatoms. The van der Waals surface area contributed by atoms with Crippen molar-refractivity contribution in [3.63, 3.8) is 0 Å². The quantitative estimate of drug-likeness (QED) is 0.598. The molecule has 1 aromatic carbocycles. The lowest BCUT2D eigenvalue weighted by Gasteiger charge is -2.40. The Balaban J connectivity index is 1.39. The van der Waals surface area contributed by atoms with Crippen LogP contribution in [0.25, 0.3) is 0 Å². The standard InChI is InChI=1S/C29H41N5O3S/c1-20(2)38(36,37)33-17-13-24(14-18-33)30-26-10-9-23-19-34(25-8-6-5-7-21(25)3)29(35)27(28(23)31-26)22-11-15-32(4)16-12-22/h5-10,20,22,24,27H,11-19H2,1-4H3,(H,30,31). The van der Waals surface area contributed by atoms with E-state index in [1.807, 2.05) is 29.2 Å². The molecule has 38 heavy (non-hydrogen) atoms. The molecule has 2 aromatic rings. The van der Waals surface area contributed by atoms with Gasteiger partial charge in [-0.25, -0.2) is 17.7 Å². The second kappa shape index (κ2) is 10.9. The van der Waals surface area contributed by atoms with Crippen molar-refractivity contribution in [3.8, 4) is 0 Å². The molecule has 3 aliphatic heterocycles. The molecular formula is C29H41N5O3S. The van der Waals surface area contributed by atoms with E-state index in [1.54, 1.807) is 18.2 Å². The molecule has 5 rings (SSSR count). The van der Waals surface area contributed by atoms with E-state index < -0.39 is 15.3 Å². The number of anilines is 2. The number of carbonyl (C=O) groups excluding carboxylic acids is 1. The van der Waals surface area contributed by atoms with Crippen LogP contribution >= 0.6 is 0 Å². The summed E-state index contributed by atoms with van der Waals surface area (Å²) < 4.78 is 26.7. The van der Waals surface area contributed by atoms with Gasteiger partial charge in [-0.15, -0.1) is 0 Å². The van der Waals surface area contributed by atoms with Crippen LogP contribution < -0.4 is 10.2 Å². The second-order valence-corrected chi connectivity index (χ2v) is 14.0. The van der Waals surface area contributed by atoms with Crippen LogP contribution in [-0.4, -0.2) is 73.0 Å². The number of pyridine rings is 1. The number of sulfonamides is 1. The van der Waals surface area contributed by atoms with Crippen molar-refractivity contribution < 1.29 is 13.2 Å². The minimum absolute atomic E-state index is 0.151. The highest BCUT2D eigenvalue weighted by Gasteiger charge is 2.41. The van der Waals surface area contributed by atoms with Crippen LogP contribution in [0, 0.1) is 12.8 Å². The fourth-order valence-electron chi connectivity index (χ4n) is 6.14. The number of benzene rings is 1. The normalized spacial score (nSPS) is 22.6. The predicted octanol–water partition coefficient (Wildman–Crippen LogP) is 3.98.